The zero-order chi connectivity index (χ0) is 14.5. The first-order chi connectivity index (χ1) is 9.63. The van der Waals surface area contributed by atoms with E-state index in [1.165, 1.54) is 42.1 Å². The van der Waals surface area contributed by atoms with Gasteiger partial charge in [-0.15, -0.1) is 11.6 Å². The monoisotopic (exact) mass is 358 g/mol. The molecule has 0 heterocycles. The minimum absolute atomic E-state index is 0.321. The quantitative estimate of drug-likeness (QED) is 0.601. The summed E-state index contributed by atoms with van der Waals surface area (Å²) in [5, 5.41) is 0.321. The van der Waals surface area contributed by atoms with Crippen molar-refractivity contribution in [1.29, 1.82) is 0 Å². The molecule has 3 heteroatoms. The fourth-order valence-corrected chi connectivity index (χ4v) is 4.05. The van der Waals surface area contributed by atoms with E-state index in [2.05, 4.69) is 35.0 Å². The molecule has 0 aliphatic heterocycles. The fraction of sp³-hybridized carbons (Fsp3) is 0.647. The maximum atomic E-state index is 6.58. The van der Waals surface area contributed by atoms with Crippen molar-refractivity contribution in [1.82, 2.24) is 0 Å². The van der Waals surface area contributed by atoms with E-state index in [-0.39, 0.29) is 0 Å². The summed E-state index contributed by atoms with van der Waals surface area (Å²) in [5.74, 6) is 2.38. The molecule has 0 aromatic heterocycles. The summed E-state index contributed by atoms with van der Waals surface area (Å²) in [7, 11) is 1.72. The van der Waals surface area contributed by atoms with Crippen LogP contribution in [0.3, 0.4) is 0 Å². The number of ether oxygens (including phenoxy) is 1. The Morgan fingerprint density at radius 3 is 2.85 bits per heavy atom. The third-order valence-corrected chi connectivity index (χ3v) is 5.78. The van der Waals surface area contributed by atoms with Crippen LogP contribution in [0, 0.1) is 11.8 Å². The molecular formula is C17H24BrClO. The van der Waals surface area contributed by atoms with Crippen molar-refractivity contribution in [2.45, 2.75) is 50.8 Å². The van der Waals surface area contributed by atoms with Gasteiger partial charge < -0.3 is 4.74 Å². The van der Waals surface area contributed by atoms with Crippen molar-refractivity contribution >= 4 is 27.5 Å². The van der Waals surface area contributed by atoms with Crippen molar-refractivity contribution in [3.8, 4) is 5.75 Å². The highest BCUT2D eigenvalue weighted by Crippen LogP contribution is 2.38. The Morgan fingerprint density at radius 1 is 1.35 bits per heavy atom. The lowest BCUT2D eigenvalue weighted by Crippen LogP contribution is -2.27. The lowest BCUT2D eigenvalue weighted by Gasteiger charge is -2.33. The van der Waals surface area contributed by atoms with Gasteiger partial charge in [0.2, 0.25) is 0 Å². The van der Waals surface area contributed by atoms with Crippen molar-refractivity contribution in [2.75, 3.05) is 7.11 Å². The molecule has 112 valence electrons. The van der Waals surface area contributed by atoms with E-state index in [4.69, 9.17) is 16.3 Å². The molecule has 1 saturated carbocycles. The van der Waals surface area contributed by atoms with Gasteiger partial charge in [0.15, 0.2) is 0 Å². The Labute approximate surface area is 136 Å². The van der Waals surface area contributed by atoms with E-state index >= 15 is 0 Å². The Morgan fingerprint density at radius 2 is 2.15 bits per heavy atom. The molecule has 1 aromatic carbocycles. The second-order valence-corrected chi connectivity index (χ2v) is 7.32. The number of alkyl halides is 1. The van der Waals surface area contributed by atoms with Crippen molar-refractivity contribution in [2.24, 2.45) is 11.8 Å². The number of methoxy groups -OCH3 is 1. The fourth-order valence-electron chi connectivity index (χ4n) is 3.32. The lowest BCUT2D eigenvalue weighted by molar-refractivity contribution is 0.257. The standard InChI is InChI=1S/C17H24BrClO/c1-3-4-12-5-8-17(19)14(9-12)10-13-11-15(20-2)6-7-16(13)18/h6-7,11-12,14,17H,3-5,8-10H2,1-2H3. The van der Waals surface area contributed by atoms with Gasteiger partial charge in [0.25, 0.3) is 0 Å². The molecular weight excluding hydrogens is 336 g/mol. The van der Waals surface area contributed by atoms with Gasteiger partial charge in [-0.05, 0) is 61.3 Å². The number of hydrogen-bond donors (Lipinski definition) is 0. The molecule has 1 aromatic rings. The molecule has 0 saturated heterocycles. The second kappa shape index (κ2) is 7.70. The molecule has 0 amide bonds. The van der Waals surface area contributed by atoms with Crippen LogP contribution < -0.4 is 4.74 Å². The third-order valence-electron chi connectivity index (χ3n) is 4.43. The first kappa shape index (κ1) is 16.2. The SMILES string of the molecule is CCCC1CCC(Cl)C(Cc2cc(OC)ccc2Br)C1. The zero-order valence-corrected chi connectivity index (χ0v) is 14.7. The molecule has 1 aliphatic rings. The summed E-state index contributed by atoms with van der Waals surface area (Å²) < 4.78 is 6.50. The maximum Gasteiger partial charge on any atom is 0.119 e. The zero-order valence-electron chi connectivity index (χ0n) is 12.4. The van der Waals surface area contributed by atoms with Crippen LogP contribution in [-0.2, 0) is 6.42 Å². The molecule has 0 radical (unpaired) electrons. The average molecular weight is 360 g/mol. The minimum Gasteiger partial charge on any atom is -0.497 e. The molecule has 0 spiro atoms. The molecule has 1 nitrogen and oxygen atoms in total. The topological polar surface area (TPSA) is 9.23 Å². The van der Waals surface area contributed by atoms with Gasteiger partial charge in [-0.3, -0.25) is 0 Å². The van der Waals surface area contributed by atoms with E-state index in [9.17, 15) is 0 Å². The van der Waals surface area contributed by atoms with Crippen LogP contribution in [0.1, 0.15) is 44.6 Å². The molecule has 20 heavy (non-hydrogen) atoms. The highest BCUT2D eigenvalue weighted by atomic mass is 79.9. The number of benzene rings is 1. The largest absolute Gasteiger partial charge is 0.497 e. The van der Waals surface area contributed by atoms with E-state index in [0.717, 1.165) is 18.1 Å². The van der Waals surface area contributed by atoms with Crippen LogP contribution in [0.5, 0.6) is 5.75 Å². The predicted molar refractivity (Wildman–Crippen MR) is 89.8 cm³/mol. The summed E-state index contributed by atoms with van der Waals surface area (Å²) in [6.45, 7) is 2.28. The Kier molecular flexibility index (Phi) is 6.22. The van der Waals surface area contributed by atoms with Crippen molar-refractivity contribution in [3.05, 3.63) is 28.2 Å². The minimum atomic E-state index is 0.321. The van der Waals surface area contributed by atoms with Gasteiger partial charge in [0.05, 0.1) is 7.11 Å². The summed E-state index contributed by atoms with van der Waals surface area (Å²) in [5.41, 5.74) is 1.32. The van der Waals surface area contributed by atoms with Gasteiger partial charge in [-0.25, -0.2) is 0 Å². The van der Waals surface area contributed by atoms with E-state index in [0.29, 0.717) is 11.3 Å². The summed E-state index contributed by atoms with van der Waals surface area (Å²) >= 11 is 10.2. The lowest BCUT2D eigenvalue weighted by atomic mass is 9.76. The van der Waals surface area contributed by atoms with E-state index in [1.807, 2.05) is 6.07 Å². The van der Waals surface area contributed by atoms with Crippen LogP contribution >= 0.6 is 27.5 Å². The van der Waals surface area contributed by atoms with Crippen LogP contribution in [0.15, 0.2) is 22.7 Å². The number of halogens is 2. The van der Waals surface area contributed by atoms with Crippen molar-refractivity contribution < 1.29 is 4.74 Å². The predicted octanol–water partition coefficient (Wildman–Crippen LogP) is 5.82. The molecule has 0 bridgehead atoms. The van der Waals surface area contributed by atoms with Gasteiger partial charge in [0.1, 0.15) is 5.75 Å². The molecule has 1 aliphatic carbocycles. The third kappa shape index (κ3) is 4.14. The van der Waals surface area contributed by atoms with Gasteiger partial charge in [-0.1, -0.05) is 35.7 Å². The van der Waals surface area contributed by atoms with Crippen molar-refractivity contribution in [3.63, 3.8) is 0 Å². The van der Waals surface area contributed by atoms with Crippen LogP contribution in [-0.4, -0.2) is 12.5 Å². The van der Waals surface area contributed by atoms with Gasteiger partial charge >= 0.3 is 0 Å². The van der Waals surface area contributed by atoms with E-state index < -0.39 is 0 Å². The number of rotatable bonds is 5. The van der Waals surface area contributed by atoms with Gasteiger partial charge in [0, 0.05) is 9.85 Å². The first-order valence-corrected chi connectivity index (χ1v) is 8.83. The second-order valence-electron chi connectivity index (χ2n) is 5.91. The van der Waals surface area contributed by atoms with Crippen LogP contribution in [0.4, 0.5) is 0 Å². The maximum absolute atomic E-state index is 6.58. The summed E-state index contributed by atoms with van der Waals surface area (Å²) in [6, 6.07) is 6.20. The Balaban J connectivity index is 2.07. The molecule has 3 atom stereocenters. The highest BCUT2D eigenvalue weighted by Gasteiger charge is 2.29. The van der Waals surface area contributed by atoms with Gasteiger partial charge in [-0.2, -0.15) is 0 Å². The average Bonchev–Trinajstić information content (AvgIpc) is 2.45. The van der Waals surface area contributed by atoms with E-state index in [1.54, 1.807) is 7.11 Å². The molecule has 2 rings (SSSR count). The summed E-state index contributed by atoms with van der Waals surface area (Å²) in [6.07, 6.45) is 7.42. The smallest absolute Gasteiger partial charge is 0.119 e. The van der Waals surface area contributed by atoms with Crippen LogP contribution in [0.2, 0.25) is 0 Å². The number of hydrogen-bond acceptors (Lipinski definition) is 1. The molecule has 3 unspecified atom stereocenters. The normalized spacial score (nSPS) is 26.5. The Hall–Kier alpha value is -0.210. The molecule has 0 N–H and O–H groups in total. The highest BCUT2D eigenvalue weighted by molar-refractivity contribution is 9.10. The van der Waals surface area contributed by atoms with Crippen LogP contribution in [0.25, 0.3) is 0 Å². The Bertz CT molecular complexity index is 435. The summed E-state index contributed by atoms with van der Waals surface area (Å²) in [4.78, 5) is 0. The first-order valence-electron chi connectivity index (χ1n) is 7.60. The molecule has 1 fully saturated rings.